The summed E-state index contributed by atoms with van der Waals surface area (Å²) >= 11 is 0. The summed E-state index contributed by atoms with van der Waals surface area (Å²) in [5.41, 5.74) is 4.26. The SMILES string of the molecule is Cc1ccc(O)c(C)c1Nc1nn(C)c2nc(Nc3ccccc3)ncc12. The summed E-state index contributed by atoms with van der Waals surface area (Å²) in [6, 6.07) is 13.3. The Morgan fingerprint density at radius 1 is 1.00 bits per heavy atom. The Balaban J connectivity index is 1.71. The van der Waals surface area contributed by atoms with Crippen LogP contribution in [-0.4, -0.2) is 24.9 Å². The molecule has 136 valence electrons. The van der Waals surface area contributed by atoms with Crippen molar-refractivity contribution < 1.29 is 5.11 Å². The molecular formula is C20H20N6O. The first-order chi connectivity index (χ1) is 13.0. The number of aromatic hydroxyl groups is 1. The monoisotopic (exact) mass is 360 g/mol. The average molecular weight is 360 g/mol. The topological polar surface area (TPSA) is 87.9 Å². The molecule has 0 spiro atoms. The van der Waals surface area contributed by atoms with Crippen LogP contribution in [0.25, 0.3) is 11.0 Å². The predicted octanol–water partition coefficient (Wildman–Crippen LogP) is 4.17. The highest BCUT2D eigenvalue weighted by Gasteiger charge is 2.15. The number of nitrogens with zero attached hydrogens (tertiary/aromatic N) is 4. The van der Waals surface area contributed by atoms with Gasteiger partial charge in [0.2, 0.25) is 5.95 Å². The van der Waals surface area contributed by atoms with E-state index in [-0.39, 0.29) is 5.75 Å². The van der Waals surface area contributed by atoms with Gasteiger partial charge in [0.1, 0.15) is 5.75 Å². The molecule has 7 heteroatoms. The molecule has 2 aromatic heterocycles. The minimum Gasteiger partial charge on any atom is -0.508 e. The number of hydrogen-bond donors (Lipinski definition) is 3. The zero-order chi connectivity index (χ0) is 19.0. The highest BCUT2D eigenvalue weighted by atomic mass is 16.3. The number of phenols is 1. The van der Waals surface area contributed by atoms with E-state index in [0.29, 0.717) is 17.4 Å². The zero-order valence-corrected chi connectivity index (χ0v) is 15.4. The third-order valence-corrected chi connectivity index (χ3v) is 4.50. The van der Waals surface area contributed by atoms with Crippen LogP contribution in [0.1, 0.15) is 11.1 Å². The molecule has 0 aliphatic carbocycles. The number of aromatic nitrogens is 4. The first-order valence-electron chi connectivity index (χ1n) is 8.61. The van der Waals surface area contributed by atoms with Gasteiger partial charge in [0.15, 0.2) is 11.5 Å². The smallest absolute Gasteiger partial charge is 0.229 e. The maximum atomic E-state index is 10.00. The molecule has 2 heterocycles. The molecule has 0 aliphatic heterocycles. The van der Waals surface area contributed by atoms with E-state index in [2.05, 4.69) is 25.7 Å². The van der Waals surface area contributed by atoms with E-state index < -0.39 is 0 Å². The van der Waals surface area contributed by atoms with E-state index in [9.17, 15) is 5.11 Å². The average Bonchev–Trinajstić information content (AvgIpc) is 2.98. The van der Waals surface area contributed by atoms with Gasteiger partial charge in [-0.1, -0.05) is 24.3 Å². The van der Waals surface area contributed by atoms with E-state index in [0.717, 1.165) is 27.9 Å². The molecule has 0 unspecified atom stereocenters. The molecular weight excluding hydrogens is 340 g/mol. The Labute approximate surface area is 156 Å². The lowest BCUT2D eigenvalue weighted by molar-refractivity contribution is 0.471. The van der Waals surface area contributed by atoms with Gasteiger partial charge in [0.25, 0.3) is 0 Å². The molecule has 4 aromatic rings. The quantitative estimate of drug-likeness (QED) is 0.506. The highest BCUT2D eigenvalue weighted by molar-refractivity contribution is 5.90. The fourth-order valence-corrected chi connectivity index (χ4v) is 2.99. The van der Waals surface area contributed by atoms with Gasteiger partial charge in [0.05, 0.1) is 5.39 Å². The van der Waals surface area contributed by atoms with Crippen molar-refractivity contribution in [3.05, 3.63) is 59.8 Å². The van der Waals surface area contributed by atoms with E-state index in [1.54, 1.807) is 16.9 Å². The predicted molar refractivity (Wildman–Crippen MR) is 107 cm³/mol. The molecule has 0 aliphatic rings. The van der Waals surface area contributed by atoms with Crippen LogP contribution in [0.3, 0.4) is 0 Å². The van der Waals surface area contributed by atoms with Crippen LogP contribution in [0.5, 0.6) is 5.75 Å². The summed E-state index contributed by atoms with van der Waals surface area (Å²) in [5, 5.41) is 21.9. The Kier molecular flexibility index (Phi) is 4.12. The standard InChI is InChI=1S/C20H20N6O/c1-12-9-10-16(27)13(2)17(12)23-18-15-11-21-20(24-19(15)26(3)25-18)22-14-7-5-4-6-8-14/h4-11,27H,1-3H3,(H,23,25)(H,21,22,24). The summed E-state index contributed by atoms with van der Waals surface area (Å²) in [6.07, 6.45) is 1.75. The maximum Gasteiger partial charge on any atom is 0.229 e. The fourth-order valence-electron chi connectivity index (χ4n) is 2.99. The minimum absolute atomic E-state index is 0.244. The number of rotatable bonds is 4. The molecule has 0 radical (unpaired) electrons. The maximum absolute atomic E-state index is 10.00. The van der Waals surface area contributed by atoms with E-state index in [1.165, 1.54) is 0 Å². The summed E-state index contributed by atoms with van der Waals surface area (Å²) in [5.74, 6) is 1.40. The van der Waals surface area contributed by atoms with Gasteiger partial charge < -0.3 is 15.7 Å². The van der Waals surface area contributed by atoms with Gasteiger partial charge in [-0.05, 0) is 37.6 Å². The second-order valence-corrected chi connectivity index (χ2v) is 6.42. The molecule has 0 saturated carbocycles. The number of phenolic OH excluding ortho intramolecular Hbond substituents is 1. The highest BCUT2D eigenvalue weighted by Crippen LogP contribution is 2.32. The van der Waals surface area contributed by atoms with Gasteiger partial charge in [-0.15, -0.1) is 0 Å². The second kappa shape index (κ2) is 6.60. The molecule has 0 atom stereocenters. The van der Waals surface area contributed by atoms with Gasteiger partial charge in [0, 0.05) is 30.2 Å². The summed E-state index contributed by atoms with van der Waals surface area (Å²) in [7, 11) is 1.84. The lowest BCUT2D eigenvalue weighted by Crippen LogP contribution is -1.99. The van der Waals surface area contributed by atoms with E-state index >= 15 is 0 Å². The number of para-hydroxylation sites is 1. The van der Waals surface area contributed by atoms with Crippen LogP contribution < -0.4 is 10.6 Å². The van der Waals surface area contributed by atoms with Crippen molar-refractivity contribution >= 4 is 34.2 Å². The van der Waals surface area contributed by atoms with Crippen molar-refractivity contribution in [2.75, 3.05) is 10.6 Å². The van der Waals surface area contributed by atoms with Gasteiger partial charge in [-0.3, -0.25) is 0 Å². The van der Waals surface area contributed by atoms with Gasteiger partial charge in [-0.25, -0.2) is 9.67 Å². The number of nitrogens with one attached hydrogen (secondary N) is 2. The van der Waals surface area contributed by atoms with Gasteiger partial charge >= 0.3 is 0 Å². The Bertz CT molecular complexity index is 1120. The molecule has 0 saturated heterocycles. The second-order valence-electron chi connectivity index (χ2n) is 6.42. The van der Waals surface area contributed by atoms with Crippen molar-refractivity contribution in [2.45, 2.75) is 13.8 Å². The molecule has 2 aromatic carbocycles. The van der Waals surface area contributed by atoms with Crippen molar-refractivity contribution in [2.24, 2.45) is 7.05 Å². The molecule has 3 N–H and O–H groups in total. The lowest BCUT2D eigenvalue weighted by Gasteiger charge is -2.12. The first-order valence-corrected chi connectivity index (χ1v) is 8.61. The third-order valence-electron chi connectivity index (χ3n) is 4.50. The zero-order valence-electron chi connectivity index (χ0n) is 15.4. The van der Waals surface area contributed by atoms with Crippen molar-refractivity contribution in [1.82, 2.24) is 19.7 Å². The third kappa shape index (κ3) is 3.15. The number of fused-ring (bicyclic) bond motifs is 1. The number of aryl methyl sites for hydroxylation is 2. The van der Waals surface area contributed by atoms with Crippen molar-refractivity contribution in [3.63, 3.8) is 0 Å². The lowest BCUT2D eigenvalue weighted by atomic mass is 10.1. The largest absolute Gasteiger partial charge is 0.508 e. The Morgan fingerprint density at radius 2 is 1.78 bits per heavy atom. The molecule has 27 heavy (non-hydrogen) atoms. The van der Waals surface area contributed by atoms with Crippen LogP contribution in [0.4, 0.5) is 23.1 Å². The number of hydrogen-bond acceptors (Lipinski definition) is 6. The van der Waals surface area contributed by atoms with Crippen LogP contribution in [0.15, 0.2) is 48.7 Å². The summed E-state index contributed by atoms with van der Waals surface area (Å²) in [6.45, 7) is 3.85. The molecule has 0 amide bonds. The molecule has 0 bridgehead atoms. The number of benzene rings is 2. The summed E-state index contributed by atoms with van der Waals surface area (Å²) < 4.78 is 1.71. The van der Waals surface area contributed by atoms with Crippen LogP contribution in [-0.2, 0) is 7.05 Å². The fraction of sp³-hybridized carbons (Fsp3) is 0.150. The van der Waals surface area contributed by atoms with Crippen LogP contribution in [0.2, 0.25) is 0 Å². The van der Waals surface area contributed by atoms with Crippen LogP contribution in [0, 0.1) is 13.8 Å². The number of anilines is 4. The minimum atomic E-state index is 0.244. The Hall–Kier alpha value is -3.61. The van der Waals surface area contributed by atoms with E-state index in [1.807, 2.05) is 57.3 Å². The molecule has 7 nitrogen and oxygen atoms in total. The van der Waals surface area contributed by atoms with Crippen molar-refractivity contribution in [3.8, 4) is 5.75 Å². The summed E-state index contributed by atoms with van der Waals surface area (Å²) in [4.78, 5) is 9.00. The normalized spacial score (nSPS) is 10.9. The molecule has 0 fully saturated rings. The van der Waals surface area contributed by atoms with Gasteiger partial charge in [-0.2, -0.15) is 10.1 Å². The molecule has 4 rings (SSSR count). The van der Waals surface area contributed by atoms with Crippen molar-refractivity contribution in [1.29, 1.82) is 0 Å². The first kappa shape index (κ1) is 16.8. The Morgan fingerprint density at radius 3 is 2.56 bits per heavy atom. The van der Waals surface area contributed by atoms with E-state index in [4.69, 9.17) is 0 Å². The van der Waals surface area contributed by atoms with Crippen LogP contribution >= 0.6 is 0 Å².